The lowest BCUT2D eigenvalue weighted by Gasteiger charge is -2.58. The van der Waals surface area contributed by atoms with Gasteiger partial charge in [0.2, 0.25) is 0 Å². The number of fused-ring (bicyclic) bond motifs is 5. The van der Waals surface area contributed by atoms with Crippen LogP contribution >= 0.6 is 11.3 Å². The highest BCUT2D eigenvalue weighted by molar-refractivity contribution is 7.07. The summed E-state index contributed by atoms with van der Waals surface area (Å²) in [5.41, 5.74) is 5.79. The summed E-state index contributed by atoms with van der Waals surface area (Å²) in [7, 11) is 0. The first-order chi connectivity index (χ1) is 13.9. The Morgan fingerprint density at radius 3 is 2.83 bits per heavy atom. The van der Waals surface area contributed by atoms with E-state index in [2.05, 4.69) is 37.2 Å². The van der Waals surface area contributed by atoms with Crippen LogP contribution in [0.3, 0.4) is 0 Å². The van der Waals surface area contributed by atoms with Gasteiger partial charge in [-0.15, -0.1) is 11.3 Å². The number of nitrogens with zero attached hydrogens (tertiary/aromatic N) is 1. The van der Waals surface area contributed by atoms with Crippen molar-refractivity contribution >= 4 is 11.3 Å². The van der Waals surface area contributed by atoms with E-state index in [9.17, 15) is 5.11 Å². The molecule has 0 saturated heterocycles. The van der Waals surface area contributed by atoms with Gasteiger partial charge in [0, 0.05) is 5.38 Å². The Kier molecular flexibility index (Phi) is 5.22. The average molecular weight is 414 g/mol. The molecule has 4 aliphatic carbocycles. The summed E-state index contributed by atoms with van der Waals surface area (Å²) in [6.07, 6.45) is 15.1. The zero-order valence-corrected chi connectivity index (χ0v) is 19.4. The number of allylic oxidation sites excluding steroid dienone is 1. The molecule has 29 heavy (non-hydrogen) atoms. The molecule has 4 aliphatic rings. The molecule has 8 atom stereocenters. The topological polar surface area (TPSA) is 33.1 Å². The summed E-state index contributed by atoms with van der Waals surface area (Å²) in [5, 5.41) is 12.4. The smallest absolute Gasteiger partial charge is 0.0794 e. The fourth-order valence-corrected chi connectivity index (χ4v) is 9.15. The van der Waals surface area contributed by atoms with Crippen molar-refractivity contribution in [3.63, 3.8) is 0 Å². The molecule has 0 unspecified atom stereocenters. The molecule has 1 heterocycles. The van der Waals surface area contributed by atoms with Crippen molar-refractivity contribution in [2.75, 3.05) is 0 Å². The summed E-state index contributed by atoms with van der Waals surface area (Å²) in [6.45, 7) is 7.74. The highest BCUT2D eigenvalue weighted by Gasteiger charge is 2.59. The van der Waals surface area contributed by atoms with E-state index in [0.717, 1.165) is 48.9 Å². The van der Waals surface area contributed by atoms with E-state index in [1.54, 1.807) is 16.9 Å². The largest absolute Gasteiger partial charge is 0.393 e. The lowest BCUT2D eigenvalue weighted by molar-refractivity contribution is -0.0571. The number of thiazole rings is 1. The molecule has 0 spiro atoms. The van der Waals surface area contributed by atoms with Gasteiger partial charge in [-0.25, -0.2) is 4.98 Å². The quantitative estimate of drug-likeness (QED) is 0.560. The van der Waals surface area contributed by atoms with Crippen molar-refractivity contribution < 1.29 is 5.11 Å². The third-order valence-corrected chi connectivity index (χ3v) is 10.8. The fraction of sp³-hybridized carbons (Fsp3) is 0.808. The predicted octanol–water partition coefficient (Wildman–Crippen LogP) is 6.65. The second kappa shape index (κ2) is 7.48. The molecule has 3 saturated carbocycles. The molecule has 1 aromatic rings. The minimum atomic E-state index is -0.0887. The molecular formula is C26H39NOS. The Morgan fingerprint density at radius 1 is 1.17 bits per heavy atom. The molecular weight excluding hydrogens is 374 g/mol. The molecule has 1 N–H and O–H groups in total. The second-order valence-corrected chi connectivity index (χ2v) is 12.1. The van der Waals surface area contributed by atoms with Gasteiger partial charge in [-0.05, 0) is 105 Å². The Balaban J connectivity index is 1.33. The van der Waals surface area contributed by atoms with Gasteiger partial charge in [0.1, 0.15) is 0 Å². The van der Waals surface area contributed by atoms with E-state index in [1.807, 2.05) is 5.51 Å². The maximum Gasteiger partial charge on any atom is 0.0794 e. The SMILES string of the molecule is C[C@H](CCc1cscn1)[C@H]1CC[C@H]2[C@@H]3CC=C4C[C@@H](O)CC[C@]4(C)[C@H]3CC[C@]12C. The second-order valence-electron chi connectivity index (χ2n) is 11.4. The van der Waals surface area contributed by atoms with E-state index >= 15 is 0 Å². The molecule has 3 heteroatoms. The number of rotatable bonds is 4. The predicted molar refractivity (Wildman–Crippen MR) is 121 cm³/mol. The summed E-state index contributed by atoms with van der Waals surface area (Å²) >= 11 is 1.73. The number of hydrogen-bond acceptors (Lipinski definition) is 3. The Morgan fingerprint density at radius 2 is 2.03 bits per heavy atom. The van der Waals surface area contributed by atoms with Gasteiger partial charge in [-0.3, -0.25) is 0 Å². The van der Waals surface area contributed by atoms with Crippen molar-refractivity contribution in [3.8, 4) is 0 Å². The normalized spacial score (nSPS) is 45.1. The van der Waals surface area contributed by atoms with Crippen molar-refractivity contribution in [1.29, 1.82) is 0 Å². The lowest BCUT2D eigenvalue weighted by atomic mass is 9.47. The molecule has 0 amide bonds. The van der Waals surface area contributed by atoms with E-state index in [4.69, 9.17) is 0 Å². The monoisotopic (exact) mass is 413 g/mol. The zero-order chi connectivity index (χ0) is 20.2. The van der Waals surface area contributed by atoms with Gasteiger partial charge in [0.15, 0.2) is 0 Å². The van der Waals surface area contributed by atoms with Gasteiger partial charge < -0.3 is 5.11 Å². The van der Waals surface area contributed by atoms with Crippen molar-refractivity contribution in [1.82, 2.24) is 4.98 Å². The van der Waals surface area contributed by atoms with Crippen molar-refractivity contribution in [2.24, 2.45) is 40.4 Å². The third-order valence-electron chi connectivity index (χ3n) is 10.2. The first-order valence-electron chi connectivity index (χ1n) is 12.2. The van der Waals surface area contributed by atoms with Crippen LogP contribution in [0.5, 0.6) is 0 Å². The first kappa shape index (κ1) is 20.2. The van der Waals surface area contributed by atoms with Gasteiger partial charge in [0.25, 0.3) is 0 Å². The highest BCUT2D eigenvalue weighted by Crippen LogP contribution is 2.67. The minimum absolute atomic E-state index is 0.0887. The molecule has 0 aliphatic heterocycles. The molecule has 0 radical (unpaired) electrons. The van der Waals surface area contributed by atoms with E-state index < -0.39 is 0 Å². The maximum absolute atomic E-state index is 10.2. The number of aryl methyl sites for hydroxylation is 1. The van der Waals surface area contributed by atoms with Gasteiger partial charge in [-0.1, -0.05) is 32.4 Å². The van der Waals surface area contributed by atoms with E-state index in [0.29, 0.717) is 10.8 Å². The van der Waals surface area contributed by atoms with E-state index in [1.165, 1.54) is 50.6 Å². The number of hydrogen-bond donors (Lipinski definition) is 1. The lowest BCUT2D eigenvalue weighted by Crippen LogP contribution is -2.50. The fourth-order valence-electron chi connectivity index (χ4n) is 8.55. The highest BCUT2D eigenvalue weighted by atomic mass is 32.1. The molecule has 1 aromatic heterocycles. The van der Waals surface area contributed by atoms with Gasteiger partial charge in [0.05, 0.1) is 17.3 Å². The van der Waals surface area contributed by atoms with E-state index in [-0.39, 0.29) is 6.10 Å². The standard InChI is InChI=1S/C26H39NOS/c1-17(4-6-19-15-29-16-27-19)22-8-9-23-21-7-5-18-14-20(28)10-12-25(18,2)24(21)11-13-26(22,23)3/h5,15-17,20-24,28H,4,6-14H2,1-3H3/t17-,20+,21+,22-,23+,24+,25+,26-/m1/s1. The average Bonchev–Trinajstić information content (AvgIpc) is 3.34. The molecule has 0 aromatic carbocycles. The molecule has 5 rings (SSSR count). The molecule has 2 nitrogen and oxygen atoms in total. The Labute approximate surface area is 181 Å². The van der Waals surface area contributed by atoms with Gasteiger partial charge in [-0.2, -0.15) is 0 Å². The van der Waals surface area contributed by atoms with Crippen LogP contribution in [0.1, 0.15) is 84.3 Å². The Hall–Kier alpha value is -0.670. The number of aromatic nitrogens is 1. The van der Waals surface area contributed by atoms with Crippen molar-refractivity contribution in [2.45, 2.75) is 91.1 Å². The van der Waals surface area contributed by atoms with Crippen LogP contribution in [0.15, 0.2) is 22.5 Å². The summed E-state index contributed by atoms with van der Waals surface area (Å²) in [4.78, 5) is 4.51. The van der Waals surface area contributed by atoms with Crippen LogP contribution < -0.4 is 0 Å². The van der Waals surface area contributed by atoms with Crippen LogP contribution in [-0.4, -0.2) is 16.2 Å². The number of aliphatic hydroxyl groups is 1. The van der Waals surface area contributed by atoms with Gasteiger partial charge >= 0.3 is 0 Å². The summed E-state index contributed by atoms with van der Waals surface area (Å²) < 4.78 is 0. The number of aliphatic hydroxyl groups excluding tert-OH is 1. The summed E-state index contributed by atoms with van der Waals surface area (Å²) in [6, 6.07) is 0. The van der Waals surface area contributed by atoms with Crippen LogP contribution in [0.2, 0.25) is 0 Å². The third kappa shape index (κ3) is 3.26. The summed E-state index contributed by atoms with van der Waals surface area (Å²) in [5.74, 6) is 4.34. The zero-order valence-electron chi connectivity index (χ0n) is 18.6. The minimum Gasteiger partial charge on any atom is -0.393 e. The first-order valence-corrected chi connectivity index (χ1v) is 13.1. The molecule has 3 fully saturated rings. The van der Waals surface area contributed by atoms with Crippen LogP contribution in [0.4, 0.5) is 0 Å². The van der Waals surface area contributed by atoms with Crippen LogP contribution in [0, 0.1) is 40.4 Å². The van der Waals surface area contributed by atoms with Crippen LogP contribution in [0.25, 0.3) is 0 Å². The van der Waals surface area contributed by atoms with Crippen molar-refractivity contribution in [3.05, 3.63) is 28.2 Å². The molecule has 0 bridgehead atoms. The van der Waals surface area contributed by atoms with Crippen LogP contribution in [-0.2, 0) is 6.42 Å². The molecule has 160 valence electrons. The Bertz CT molecular complexity index is 757. The maximum atomic E-state index is 10.2.